The highest BCUT2D eigenvalue weighted by molar-refractivity contribution is 6.39. The van der Waals surface area contributed by atoms with Crippen LogP contribution in [0, 0.1) is 0 Å². The van der Waals surface area contributed by atoms with E-state index in [1.54, 1.807) is 37.3 Å². The van der Waals surface area contributed by atoms with Crippen LogP contribution in [0.1, 0.15) is 34.6 Å². The molecular formula is C21H18Cl2N4O4. The molecule has 3 rings (SSSR count). The fraction of sp³-hybridized carbons (Fsp3) is 0.0952. The molecule has 1 unspecified atom stereocenters. The fourth-order valence-corrected chi connectivity index (χ4v) is 3.70. The number of amides is 3. The number of nitrogens with two attached hydrogens (primary N) is 1. The summed E-state index contributed by atoms with van der Waals surface area (Å²) in [5.74, 6) is -1.66. The normalized spacial score (nSPS) is 12.1. The summed E-state index contributed by atoms with van der Waals surface area (Å²) in [6, 6.07) is 8.98. The number of primary amides is 1. The lowest BCUT2D eigenvalue weighted by Gasteiger charge is -2.13. The summed E-state index contributed by atoms with van der Waals surface area (Å²) in [5.41, 5.74) is 7.05. The molecule has 0 aliphatic rings. The van der Waals surface area contributed by atoms with E-state index in [9.17, 15) is 19.5 Å². The van der Waals surface area contributed by atoms with Crippen LogP contribution in [-0.4, -0.2) is 28.0 Å². The second-order valence-corrected chi connectivity index (χ2v) is 7.55. The van der Waals surface area contributed by atoms with Gasteiger partial charge in [-0.2, -0.15) is 0 Å². The number of aromatic amines is 1. The van der Waals surface area contributed by atoms with E-state index in [-0.39, 0.29) is 22.3 Å². The Labute approximate surface area is 187 Å². The molecule has 1 aromatic heterocycles. The van der Waals surface area contributed by atoms with Gasteiger partial charge in [0.1, 0.15) is 5.69 Å². The van der Waals surface area contributed by atoms with Gasteiger partial charge >= 0.3 is 12.0 Å². The maximum Gasteiger partial charge on any atom is 0.352 e. The van der Waals surface area contributed by atoms with Gasteiger partial charge in [0, 0.05) is 33.3 Å². The molecule has 3 amide bonds. The van der Waals surface area contributed by atoms with Gasteiger partial charge in [-0.25, -0.2) is 9.59 Å². The van der Waals surface area contributed by atoms with Crippen LogP contribution in [0.25, 0.3) is 17.0 Å². The van der Waals surface area contributed by atoms with E-state index in [0.29, 0.717) is 21.6 Å². The van der Waals surface area contributed by atoms with E-state index < -0.39 is 17.9 Å². The second-order valence-electron chi connectivity index (χ2n) is 6.70. The third-order valence-corrected chi connectivity index (χ3v) is 5.02. The van der Waals surface area contributed by atoms with Crippen LogP contribution < -0.4 is 16.4 Å². The Balaban J connectivity index is 1.80. The van der Waals surface area contributed by atoms with Gasteiger partial charge in [0.15, 0.2) is 0 Å². The number of fused-ring (bicyclic) bond motifs is 1. The molecule has 10 heteroatoms. The topological polar surface area (TPSA) is 137 Å². The summed E-state index contributed by atoms with van der Waals surface area (Å²) in [4.78, 5) is 37.6. The average Bonchev–Trinajstić information content (AvgIpc) is 3.05. The Bertz CT molecular complexity index is 1200. The first kappa shape index (κ1) is 22.2. The number of carboxylic acid groups (broad SMARTS) is 1. The molecule has 0 aliphatic heterocycles. The molecule has 2 aromatic carbocycles. The third-order valence-electron chi connectivity index (χ3n) is 4.51. The number of hydrogen-bond donors (Lipinski definition) is 5. The van der Waals surface area contributed by atoms with Crippen molar-refractivity contribution < 1.29 is 19.5 Å². The lowest BCUT2D eigenvalue weighted by Crippen LogP contribution is -2.31. The maximum atomic E-state index is 12.3. The molecule has 0 radical (unpaired) electrons. The zero-order valence-electron chi connectivity index (χ0n) is 16.2. The number of carbonyl (C=O) groups excluding carboxylic acids is 2. The Morgan fingerprint density at radius 1 is 1.16 bits per heavy atom. The molecular weight excluding hydrogens is 443 g/mol. The van der Waals surface area contributed by atoms with Crippen molar-refractivity contribution in [3.05, 3.63) is 69.3 Å². The number of anilines is 1. The van der Waals surface area contributed by atoms with Crippen molar-refractivity contribution in [3.63, 3.8) is 0 Å². The van der Waals surface area contributed by atoms with Crippen LogP contribution in [0.5, 0.6) is 0 Å². The van der Waals surface area contributed by atoms with Gasteiger partial charge in [-0.15, -0.1) is 0 Å². The molecule has 160 valence electrons. The van der Waals surface area contributed by atoms with Gasteiger partial charge in [-0.05, 0) is 42.8 Å². The average molecular weight is 461 g/mol. The number of aromatic carboxylic acids is 1. The van der Waals surface area contributed by atoms with Crippen molar-refractivity contribution in [2.75, 3.05) is 5.32 Å². The van der Waals surface area contributed by atoms with Crippen LogP contribution in [0.2, 0.25) is 10.0 Å². The number of rotatable bonds is 6. The minimum Gasteiger partial charge on any atom is -0.477 e. The molecule has 1 atom stereocenters. The van der Waals surface area contributed by atoms with Crippen molar-refractivity contribution >= 4 is 63.8 Å². The minimum atomic E-state index is -1.20. The molecule has 0 bridgehead atoms. The lowest BCUT2D eigenvalue weighted by molar-refractivity contribution is -0.111. The zero-order chi connectivity index (χ0) is 22.7. The largest absolute Gasteiger partial charge is 0.477 e. The molecule has 0 fully saturated rings. The Hall–Kier alpha value is -3.49. The Morgan fingerprint density at radius 3 is 2.45 bits per heavy atom. The van der Waals surface area contributed by atoms with Gasteiger partial charge in [0.05, 0.1) is 11.1 Å². The van der Waals surface area contributed by atoms with Crippen molar-refractivity contribution in [2.24, 2.45) is 5.73 Å². The number of hydrogen-bond acceptors (Lipinski definition) is 3. The number of carboxylic acids is 1. The van der Waals surface area contributed by atoms with E-state index >= 15 is 0 Å². The van der Waals surface area contributed by atoms with Crippen LogP contribution in [0.3, 0.4) is 0 Å². The van der Waals surface area contributed by atoms with E-state index in [1.165, 1.54) is 18.2 Å². The summed E-state index contributed by atoms with van der Waals surface area (Å²) in [6.45, 7) is 1.78. The molecule has 31 heavy (non-hydrogen) atoms. The van der Waals surface area contributed by atoms with Gasteiger partial charge in [-0.1, -0.05) is 35.3 Å². The Kier molecular flexibility index (Phi) is 6.53. The first-order valence-electron chi connectivity index (χ1n) is 9.04. The SMILES string of the molecule is CC(NC(N)=O)c1ccc(NC(=O)/C=C/c2c(C(=O)O)[nH]c3cc(Cl)cc(Cl)c23)cc1. The van der Waals surface area contributed by atoms with Gasteiger partial charge in [0.2, 0.25) is 5.91 Å². The zero-order valence-corrected chi connectivity index (χ0v) is 17.7. The van der Waals surface area contributed by atoms with E-state index in [2.05, 4.69) is 15.6 Å². The standard InChI is InChI=1S/C21H18Cl2N4O4/c1-10(25-21(24)31)11-2-4-13(5-3-11)26-17(28)7-6-14-18-15(23)8-12(22)9-16(18)27-19(14)20(29)30/h2-10,27H,1H3,(H,26,28)(H,29,30)(H3,24,25,31)/b7-6+. The highest BCUT2D eigenvalue weighted by atomic mass is 35.5. The van der Waals surface area contributed by atoms with E-state index in [4.69, 9.17) is 28.9 Å². The van der Waals surface area contributed by atoms with E-state index in [0.717, 1.165) is 5.56 Å². The number of benzene rings is 2. The minimum absolute atomic E-state index is 0.108. The number of urea groups is 1. The predicted octanol–water partition coefficient (Wildman–Crippen LogP) is 4.55. The molecule has 0 saturated carbocycles. The van der Waals surface area contributed by atoms with Crippen LogP contribution in [0.15, 0.2) is 42.5 Å². The molecule has 0 aliphatic carbocycles. The third kappa shape index (κ3) is 5.17. The maximum absolute atomic E-state index is 12.3. The number of halogens is 2. The summed E-state index contributed by atoms with van der Waals surface area (Å²) < 4.78 is 0. The van der Waals surface area contributed by atoms with Crippen molar-refractivity contribution in [2.45, 2.75) is 13.0 Å². The molecule has 3 aromatic rings. The van der Waals surface area contributed by atoms with Crippen LogP contribution in [-0.2, 0) is 4.79 Å². The van der Waals surface area contributed by atoms with Crippen molar-refractivity contribution in [1.29, 1.82) is 0 Å². The monoisotopic (exact) mass is 460 g/mol. The summed E-state index contributed by atoms with van der Waals surface area (Å²) >= 11 is 12.2. The van der Waals surface area contributed by atoms with Crippen LogP contribution in [0.4, 0.5) is 10.5 Å². The first-order valence-corrected chi connectivity index (χ1v) is 9.80. The smallest absolute Gasteiger partial charge is 0.352 e. The molecule has 8 nitrogen and oxygen atoms in total. The molecule has 6 N–H and O–H groups in total. The molecule has 0 saturated heterocycles. The fourth-order valence-electron chi connectivity index (χ4n) is 3.10. The summed E-state index contributed by atoms with van der Waals surface area (Å²) in [7, 11) is 0. The highest BCUT2D eigenvalue weighted by Crippen LogP contribution is 2.33. The molecule has 0 spiro atoms. The summed E-state index contributed by atoms with van der Waals surface area (Å²) in [5, 5.41) is 15.8. The second kappa shape index (κ2) is 9.11. The highest BCUT2D eigenvalue weighted by Gasteiger charge is 2.18. The van der Waals surface area contributed by atoms with Crippen LogP contribution >= 0.6 is 23.2 Å². The Morgan fingerprint density at radius 2 is 1.84 bits per heavy atom. The lowest BCUT2D eigenvalue weighted by atomic mass is 10.1. The van der Waals surface area contributed by atoms with Gasteiger partial charge < -0.3 is 26.5 Å². The van der Waals surface area contributed by atoms with Crippen molar-refractivity contribution in [1.82, 2.24) is 10.3 Å². The van der Waals surface area contributed by atoms with Crippen molar-refractivity contribution in [3.8, 4) is 0 Å². The number of nitrogens with one attached hydrogen (secondary N) is 3. The summed E-state index contributed by atoms with van der Waals surface area (Å²) in [6.07, 6.45) is 2.59. The number of aromatic nitrogens is 1. The predicted molar refractivity (Wildman–Crippen MR) is 121 cm³/mol. The van der Waals surface area contributed by atoms with Gasteiger partial charge in [0.25, 0.3) is 0 Å². The van der Waals surface area contributed by atoms with E-state index in [1.807, 2.05) is 0 Å². The number of carbonyl (C=O) groups is 3. The first-order chi connectivity index (χ1) is 14.7. The quantitative estimate of drug-likeness (QED) is 0.344. The van der Waals surface area contributed by atoms with Gasteiger partial charge in [-0.3, -0.25) is 4.79 Å². The molecule has 1 heterocycles. The number of H-pyrrole nitrogens is 1.